The van der Waals surface area contributed by atoms with Gasteiger partial charge in [0.25, 0.3) is 0 Å². The molecular weight excluding hydrogens is 312 g/mol. The van der Waals surface area contributed by atoms with Gasteiger partial charge in [-0.2, -0.15) is 0 Å². The molecule has 0 amide bonds. The number of phenols is 1. The van der Waals surface area contributed by atoms with Crippen LogP contribution in [-0.4, -0.2) is 10.9 Å². The van der Waals surface area contributed by atoms with E-state index < -0.39 is 0 Å². The Kier molecular flexibility index (Phi) is 4.85. The minimum atomic E-state index is -0.0888. The van der Waals surface area contributed by atoms with Crippen molar-refractivity contribution in [1.82, 2.24) is 0 Å². The molecule has 0 saturated heterocycles. The lowest BCUT2D eigenvalue weighted by atomic mass is 10.0. The average Bonchev–Trinajstić information content (AvgIpc) is 2.63. The largest absolute Gasteiger partial charge is 0.508 e. The summed E-state index contributed by atoms with van der Waals surface area (Å²) in [7, 11) is 0. The molecule has 3 nitrogen and oxygen atoms in total. The number of para-hydroxylation sites is 1. The quantitative estimate of drug-likeness (QED) is 0.624. The standard InChI is InChI=1S/C22H20O3/c1-15(2)20-5-3-4-6-21(20)25-19-13-9-17(10-14-19)22(24)16-7-11-18(23)12-8-16/h3-15,23H,1-2H3. The summed E-state index contributed by atoms with van der Waals surface area (Å²) >= 11 is 0. The van der Waals surface area contributed by atoms with Gasteiger partial charge in [-0.15, -0.1) is 0 Å². The summed E-state index contributed by atoms with van der Waals surface area (Å²) in [4.78, 5) is 12.4. The molecule has 0 aromatic heterocycles. The van der Waals surface area contributed by atoms with Gasteiger partial charge in [-0.3, -0.25) is 4.79 Å². The summed E-state index contributed by atoms with van der Waals surface area (Å²) in [5, 5.41) is 9.32. The number of hydrogen-bond acceptors (Lipinski definition) is 3. The normalized spacial score (nSPS) is 10.7. The number of hydrogen-bond donors (Lipinski definition) is 1. The van der Waals surface area contributed by atoms with E-state index in [1.54, 1.807) is 36.4 Å². The Bertz CT molecular complexity index is 863. The molecule has 0 fully saturated rings. The van der Waals surface area contributed by atoms with Gasteiger partial charge in [0.15, 0.2) is 5.78 Å². The third-order valence-corrected chi connectivity index (χ3v) is 4.01. The molecule has 0 aliphatic heterocycles. The molecule has 3 aromatic carbocycles. The maximum absolute atomic E-state index is 12.4. The van der Waals surface area contributed by atoms with E-state index in [-0.39, 0.29) is 11.5 Å². The number of rotatable bonds is 5. The minimum Gasteiger partial charge on any atom is -0.508 e. The van der Waals surface area contributed by atoms with Crippen LogP contribution in [0.15, 0.2) is 72.8 Å². The van der Waals surface area contributed by atoms with Gasteiger partial charge >= 0.3 is 0 Å². The van der Waals surface area contributed by atoms with E-state index in [0.717, 1.165) is 11.3 Å². The summed E-state index contributed by atoms with van der Waals surface area (Å²) < 4.78 is 5.98. The maximum atomic E-state index is 12.4. The Balaban J connectivity index is 1.79. The van der Waals surface area contributed by atoms with Crippen LogP contribution in [-0.2, 0) is 0 Å². The first kappa shape index (κ1) is 16.8. The average molecular weight is 332 g/mol. The fourth-order valence-electron chi connectivity index (χ4n) is 2.63. The summed E-state index contributed by atoms with van der Waals surface area (Å²) in [6.07, 6.45) is 0. The highest BCUT2D eigenvalue weighted by Gasteiger charge is 2.11. The second kappa shape index (κ2) is 7.22. The summed E-state index contributed by atoms with van der Waals surface area (Å²) in [6.45, 7) is 4.25. The van der Waals surface area contributed by atoms with Crippen LogP contribution < -0.4 is 4.74 Å². The fraction of sp³-hybridized carbons (Fsp3) is 0.136. The number of ether oxygens (including phenoxy) is 1. The van der Waals surface area contributed by atoms with Crippen LogP contribution in [0.25, 0.3) is 0 Å². The molecule has 25 heavy (non-hydrogen) atoms. The fourth-order valence-corrected chi connectivity index (χ4v) is 2.63. The Hall–Kier alpha value is -3.07. The van der Waals surface area contributed by atoms with Crippen LogP contribution in [0.2, 0.25) is 0 Å². The highest BCUT2D eigenvalue weighted by Crippen LogP contribution is 2.30. The van der Waals surface area contributed by atoms with Crippen LogP contribution in [0, 0.1) is 0 Å². The van der Waals surface area contributed by atoms with E-state index >= 15 is 0 Å². The van der Waals surface area contributed by atoms with Gasteiger partial charge in [0.05, 0.1) is 0 Å². The monoisotopic (exact) mass is 332 g/mol. The van der Waals surface area contributed by atoms with Crippen LogP contribution >= 0.6 is 0 Å². The van der Waals surface area contributed by atoms with Gasteiger partial charge in [0, 0.05) is 11.1 Å². The molecule has 3 aromatic rings. The third-order valence-electron chi connectivity index (χ3n) is 4.01. The molecule has 0 atom stereocenters. The number of aromatic hydroxyl groups is 1. The van der Waals surface area contributed by atoms with Gasteiger partial charge in [-0.1, -0.05) is 32.0 Å². The van der Waals surface area contributed by atoms with Crippen LogP contribution in [0.1, 0.15) is 41.3 Å². The Morgan fingerprint density at radius 2 is 1.40 bits per heavy atom. The van der Waals surface area contributed by atoms with Crippen molar-refractivity contribution in [3.8, 4) is 17.2 Å². The molecule has 0 bridgehead atoms. The van der Waals surface area contributed by atoms with E-state index in [2.05, 4.69) is 19.9 Å². The number of ketones is 1. The van der Waals surface area contributed by atoms with Crippen molar-refractivity contribution in [1.29, 1.82) is 0 Å². The summed E-state index contributed by atoms with van der Waals surface area (Å²) in [5.74, 6) is 1.94. The van der Waals surface area contributed by atoms with Crippen LogP contribution in [0.4, 0.5) is 0 Å². The van der Waals surface area contributed by atoms with Crippen molar-refractivity contribution in [2.24, 2.45) is 0 Å². The Morgan fingerprint density at radius 1 is 0.840 bits per heavy atom. The van der Waals surface area contributed by atoms with Crippen LogP contribution in [0.3, 0.4) is 0 Å². The van der Waals surface area contributed by atoms with Gasteiger partial charge in [-0.05, 0) is 66.1 Å². The van der Waals surface area contributed by atoms with Crippen molar-refractivity contribution in [2.45, 2.75) is 19.8 Å². The zero-order chi connectivity index (χ0) is 17.8. The highest BCUT2D eigenvalue weighted by atomic mass is 16.5. The Morgan fingerprint density at radius 3 is 2.00 bits per heavy atom. The molecular formula is C22H20O3. The minimum absolute atomic E-state index is 0.0888. The Labute approximate surface area is 147 Å². The molecule has 0 aliphatic carbocycles. The first-order valence-electron chi connectivity index (χ1n) is 8.25. The summed E-state index contributed by atoms with van der Waals surface area (Å²) in [5.41, 5.74) is 2.26. The maximum Gasteiger partial charge on any atom is 0.193 e. The molecule has 1 N–H and O–H groups in total. The third kappa shape index (κ3) is 3.89. The number of phenolic OH excluding ortho intramolecular Hbond substituents is 1. The van der Waals surface area contributed by atoms with Crippen LogP contribution in [0.5, 0.6) is 17.2 Å². The lowest BCUT2D eigenvalue weighted by Crippen LogP contribution is -2.00. The number of carbonyl (C=O) groups is 1. The van der Waals surface area contributed by atoms with Crippen molar-refractivity contribution < 1.29 is 14.6 Å². The summed E-state index contributed by atoms with van der Waals surface area (Å²) in [6, 6.07) is 21.3. The molecule has 0 aliphatic rings. The number of carbonyl (C=O) groups excluding carboxylic acids is 1. The molecule has 126 valence electrons. The molecule has 3 rings (SSSR count). The van der Waals surface area contributed by atoms with Gasteiger partial charge < -0.3 is 9.84 Å². The molecule has 0 radical (unpaired) electrons. The van der Waals surface area contributed by atoms with Crippen molar-refractivity contribution in [2.75, 3.05) is 0 Å². The van der Waals surface area contributed by atoms with Gasteiger partial charge in [0.1, 0.15) is 17.2 Å². The molecule has 0 unspecified atom stereocenters. The smallest absolute Gasteiger partial charge is 0.193 e. The molecule has 0 saturated carbocycles. The van der Waals surface area contributed by atoms with E-state index in [4.69, 9.17) is 4.74 Å². The first-order chi connectivity index (χ1) is 12.0. The zero-order valence-corrected chi connectivity index (χ0v) is 14.3. The predicted molar refractivity (Wildman–Crippen MR) is 98.6 cm³/mol. The first-order valence-corrected chi connectivity index (χ1v) is 8.25. The van der Waals surface area contributed by atoms with Crippen molar-refractivity contribution in [3.63, 3.8) is 0 Å². The van der Waals surface area contributed by atoms with E-state index in [1.165, 1.54) is 12.1 Å². The highest BCUT2D eigenvalue weighted by molar-refractivity contribution is 6.09. The molecule has 0 heterocycles. The van der Waals surface area contributed by atoms with Gasteiger partial charge in [-0.25, -0.2) is 0 Å². The van der Waals surface area contributed by atoms with Crippen molar-refractivity contribution >= 4 is 5.78 Å². The van der Waals surface area contributed by atoms with E-state index in [1.807, 2.05) is 18.2 Å². The van der Waals surface area contributed by atoms with Crippen molar-refractivity contribution in [3.05, 3.63) is 89.5 Å². The molecule has 3 heteroatoms. The zero-order valence-electron chi connectivity index (χ0n) is 14.3. The second-order valence-corrected chi connectivity index (χ2v) is 6.19. The molecule has 0 spiro atoms. The van der Waals surface area contributed by atoms with Gasteiger partial charge in [0.2, 0.25) is 0 Å². The topological polar surface area (TPSA) is 46.5 Å². The van der Waals surface area contributed by atoms with E-state index in [0.29, 0.717) is 22.8 Å². The van der Waals surface area contributed by atoms with E-state index in [9.17, 15) is 9.90 Å². The SMILES string of the molecule is CC(C)c1ccccc1Oc1ccc(C(=O)c2ccc(O)cc2)cc1. The lowest BCUT2D eigenvalue weighted by molar-refractivity contribution is 0.103. The second-order valence-electron chi connectivity index (χ2n) is 6.19. The predicted octanol–water partition coefficient (Wildman–Crippen LogP) is 5.54. The lowest BCUT2D eigenvalue weighted by Gasteiger charge is -2.13. The number of benzene rings is 3.